The number of benzene rings is 3. The van der Waals surface area contributed by atoms with E-state index in [-0.39, 0.29) is 6.61 Å². The van der Waals surface area contributed by atoms with Gasteiger partial charge in [0.2, 0.25) is 4.33 Å². The summed E-state index contributed by atoms with van der Waals surface area (Å²) in [5.41, 5.74) is 1.59. The van der Waals surface area contributed by atoms with Crippen LogP contribution in [0.25, 0.3) is 0 Å². The van der Waals surface area contributed by atoms with Crippen LogP contribution in [0.15, 0.2) is 95.9 Å². The quantitative estimate of drug-likeness (QED) is 0.413. The van der Waals surface area contributed by atoms with E-state index in [4.69, 9.17) is 27.9 Å². The number of hydrogen-bond donors (Lipinski definition) is 0. The Hall–Kier alpha value is -2.47. The molecule has 31 heavy (non-hydrogen) atoms. The Balaban J connectivity index is 1.67. The van der Waals surface area contributed by atoms with Gasteiger partial charge in [0.1, 0.15) is 12.0 Å². The highest BCUT2D eigenvalue weighted by atomic mass is 35.5. The third-order valence-electron chi connectivity index (χ3n) is 4.99. The molecule has 2 atom stereocenters. The molecule has 0 unspecified atom stereocenters. The summed E-state index contributed by atoms with van der Waals surface area (Å²) in [7, 11) is 0. The molecule has 1 heterocycles. The maximum Gasteiger partial charge on any atom is 0.417 e. The number of thioether (sulfide) groups is 1. The van der Waals surface area contributed by atoms with Crippen molar-refractivity contribution in [2.24, 2.45) is 0 Å². The van der Waals surface area contributed by atoms with Crippen molar-refractivity contribution in [2.75, 3.05) is 0 Å². The second-order valence-electron chi connectivity index (χ2n) is 7.05. The Bertz CT molecular complexity index is 1050. The third kappa shape index (κ3) is 4.59. The number of halogens is 2. The van der Waals surface area contributed by atoms with E-state index in [1.165, 1.54) is 11.8 Å². The van der Waals surface area contributed by atoms with Gasteiger partial charge in [-0.25, -0.2) is 9.69 Å². The van der Waals surface area contributed by atoms with Crippen molar-refractivity contribution < 1.29 is 14.3 Å². The number of rotatable bonds is 5. The van der Waals surface area contributed by atoms with Crippen LogP contribution in [0, 0.1) is 0 Å². The summed E-state index contributed by atoms with van der Waals surface area (Å²) >= 11 is 14.5. The van der Waals surface area contributed by atoms with Gasteiger partial charge >= 0.3 is 6.09 Å². The minimum Gasteiger partial charge on any atom is -0.444 e. The van der Waals surface area contributed by atoms with Crippen LogP contribution in [0.5, 0.6) is 0 Å². The average molecular weight is 472 g/mol. The Morgan fingerprint density at radius 2 is 1.45 bits per heavy atom. The van der Waals surface area contributed by atoms with Gasteiger partial charge in [0.25, 0.3) is 5.91 Å². The lowest BCUT2D eigenvalue weighted by Crippen LogP contribution is -2.40. The van der Waals surface area contributed by atoms with Crippen LogP contribution in [-0.4, -0.2) is 26.6 Å². The van der Waals surface area contributed by atoms with E-state index >= 15 is 0 Å². The molecule has 4 rings (SSSR count). The standard InChI is InChI=1S/C24H19Cl2NO3S/c25-24(26)20(18-12-6-2-7-13-18)21(31-19-14-8-3-9-15-19)27(22(24)28)23(29)30-16-17-10-4-1-5-11-17/h1-15,20-21H,16H2/t20-,21-/m1/s1. The maximum atomic E-state index is 13.2. The lowest BCUT2D eigenvalue weighted by Gasteiger charge is -2.26. The molecule has 2 amide bonds. The smallest absolute Gasteiger partial charge is 0.417 e. The predicted molar refractivity (Wildman–Crippen MR) is 123 cm³/mol. The van der Waals surface area contributed by atoms with Crippen molar-refractivity contribution in [3.63, 3.8) is 0 Å². The lowest BCUT2D eigenvalue weighted by atomic mass is 9.97. The van der Waals surface area contributed by atoms with Crippen LogP contribution in [0.2, 0.25) is 0 Å². The number of ether oxygens (including phenoxy) is 1. The fourth-order valence-electron chi connectivity index (χ4n) is 3.51. The fraction of sp³-hybridized carbons (Fsp3) is 0.167. The zero-order valence-corrected chi connectivity index (χ0v) is 18.7. The van der Waals surface area contributed by atoms with Gasteiger partial charge in [-0.1, -0.05) is 114 Å². The largest absolute Gasteiger partial charge is 0.444 e. The molecule has 0 bridgehead atoms. The molecule has 1 fully saturated rings. The van der Waals surface area contributed by atoms with Crippen LogP contribution in [-0.2, 0) is 16.1 Å². The number of hydrogen-bond acceptors (Lipinski definition) is 4. The SMILES string of the molecule is O=C(OCc1ccccc1)N1C(=O)C(Cl)(Cl)[C@H](c2ccccc2)[C@H]1Sc1ccccc1. The second kappa shape index (κ2) is 9.35. The van der Waals surface area contributed by atoms with E-state index in [9.17, 15) is 9.59 Å². The number of imide groups is 1. The highest BCUT2D eigenvalue weighted by Crippen LogP contribution is 2.53. The summed E-state index contributed by atoms with van der Waals surface area (Å²) < 4.78 is 3.66. The molecule has 7 heteroatoms. The first-order chi connectivity index (χ1) is 15.0. The monoisotopic (exact) mass is 471 g/mol. The highest BCUT2D eigenvalue weighted by molar-refractivity contribution is 8.00. The van der Waals surface area contributed by atoms with Gasteiger partial charge < -0.3 is 4.74 Å². The zero-order chi connectivity index (χ0) is 21.8. The highest BCUT2D eigenvalue weighted by Gasteiger charge is 2.61. The Labute approximate surface area is 195 Å². The first kappa shape index (κ1) is 21.8. The Morgan fingerprint density at radius 3 is 2.06 bits per heavy atom. The van der Waals surface area contributed by atoms with E-state index in [0.717, 1.165) is 20.9 Å². The van der Waals surface area contributed by atoms with Gasteiger partial charge in [0.05, 0.1) is 5.92 Å². The summed E-state index contributed by atoms with van der Waals surface area (Å²) in [5.74, 6) is -1.32. The molecule has 3 aromatic rings. The molecular weight excluding hydrogens is 453 g/mol. The molecule has 0 radical (unpaired) electrons. The van der Waals surface area contributed by atoms with E-state index in [0.29, 0.717) is 0 Å². The molecule has 0 saturated carbocycles. The van der Waals surface area contributed by atoms with Crippen molar-refractivity contribution in [1.82, 2.24) is 4.90 Å². The van der Waals surface area contributed by atoms with Crippen LogP contribution >= 0.6 is 35.0 Å². The van der Waals surface area contributed by atoms with Crippen molar-refractivity contribution in [3.8, 4) is 0 Å². The summed E-state index contributed by atoms with van der Waals surface area (Å²) in [6.45, 7) is 0.0414. The van der Waals surface area contributed by atoms with E-state index in [2.05, 4.69) is 0 Å². The van der Waals surface area contributed by atoms with Crippen molar-refractivity contribution in [1.29, 1.82) is 0 Å². The first-order valence-corrected chi connectivity index (χ1v) is 11.3. The number of likely N-dealkylation sites (tertiary alicyclic amines) is 1. The van der Waals surface area contributed by atoms with E-state index in [1.54, 1.807) is 0 Å². The van der Waals surface area contributed by atoms with Gasteiger partial charge in [0.15, 0.2) is 0 Å². The molecule has 158 valence electrons. The molecule has 0 aromatic heterocycles. The molecule has 3 aromatic carbocycles. The number of carbonyl (C=O) groups is 2. The van der Waals surface area contributed by atoms with Crippen molar-refractivity contribution >= 4 is 47.0 Å². The first-order valence-electron chi connectivity index (χ1n) is 9.67. The topological polar surface area (TPSA) is 46.6 Å². The van der Waals surface area contributed by atoms with E-state index in [1.807, 2.05) is 91.0 Å². The van der Waals surface area contributed by atoms with Crippen LogP contribution in [0.3, 0.4) is 0 Å². The van der Waals surface area contributed by atoms with Crippen molar-refractivity contribution in [2.45, 2.75) is 27.1 Å². The Kier molecular flexibility index (Phi) is 6.56. The molecular formula is C24H19Cl2NO3S. The average Bonchev–Trinajstić information content (AvgIpc) is 2.99. The molecule has 0 spiro atoms. The minimum atomic E-state index is -1.81. The maximum absolute atomic E-state index is 13.2. The zero-order valence-electron chi connectivity index (χ0n) is 16.4. The molecule has 1 saturated heterocycles. The van der Waals surface area contributed by atoms with Crippen LogP contribution < -0.4 is 0 Å². The molecule has 4 nitrogen and oxygen atoms in total. The van der Waals surface area contributed by atoms with Crippen molar-refractivity contribution in [3.05, 3.63) is 102 Å². The van der Waals surface area contributed by atoms with Gasteiger partial charge in [-0.05, 0) is 23.3 Å². The predicted octanol–water partition coefficient (Wildman–Crippen LogP) is 6.24. The third-order valence-corrected chi connectivity index (χ3v) is 7.06. The molecule has 0 aliphatic carbocycles. The normalized spacial score (nSPS) is 19.9. The minimum absolute atomic E-state index is 0.0414. The summed E-state index contributed by atoms with van der Waals surface area (Å²) in [6, 6.07) is 28.1. The summed E-state index contributed by atoms with van der Waals surface area (Å²) in [4.78, 5) is 28.2. The van der Waals surface area contributed by atoms with Gasteiger partial charge in [-0.3, -0.25) is 4.79 Å². The Morgan fingerprint density at radius 1 is 0.903 bits per heavy atom. The van der Waals surface area contributed by atoms with Crippen LogP contribution in [0.4, 0.5) is 4.79 Å². The van der Waals surface area contributed by atoms with Crippen LogP contribution in [0.1, 0.15) is 17.0 Å². The van der Waals surface area contributed by atoms with Gasteiger partial charge in [-0.2, -0.15) is 0 Å². The number of carbonyl (C=O) groups excluding carboxylic acids is 2. The molecule has 0 N–H and O–H groups in total. The van der Waals surface area contributed by atoms with Gasteiger partial charge in [-0.15, -0.1) is 0 Å². The molecule has 1 aliphatic rings. The number of alkyl halides is 2. The summed E-state index contributed by atoms with van der Waals surface area (Å²) in [6.07, 6.45) is -0.772. The number of nitrogens with zero attached hydrogens (tertiary/aromatic N) is 1. The number of amides is 2. The second-order valence-corrected chi connectivity index (χ2v) is 9.62. The summed E-state index contributed by atoms with van der Waals surface area (Å²) in [5, 5.41) is -0.671. The fourth-order valence-corrected chi connectivity index (χ4v) is 5.71. The molecule has 1 aliphatic heterocycles. The van der Waals surface area contributed by atoms with E-state index < -0.39 is 27.6 Å². The lowest BCUT2D eigenvalue weighted by molar-refractivity contribution is -0.127. The van der Waals surface area contributed by atoms with Gasteiger partial charge in [0, 0.05) is 4.90 Å².